The third kappa shape index (κ3) is 49.0. The molecule has 0 saturated heterocycles. The molecule has 53 heavy (non-hydrogen) atoms. The van der Waals surface area contributed by atoms with E-state index in [1.807, 2.05) is 0 Å². The van der Waals surface area contributed by atoms with E-state index in [1.165, 1.54) is 292 Å². The average molecular weight is 803 g/mol. The van der Waals surface area contributed by atoms with E-state index < -0.39 is 5.77 Å². The molecule has 0 heterocycles. The minimum absolute atomic E-state index is 0.846. The summed E-state index contributed by atoms with van der Waals surface area (Å²) in [5.74, 6) is -1.36. The van der Waals surface area contributed by atoms with Crippen LogP contribution in [0.15, 0.2) is 0 Å². The van der Waals surface area contributed by atoms with Gasteiger partial charge in [-0.25, -0.2) is 0 Å². The van der Waals surface area contributed by atoms with E-state index in [-0.39, 0.29) is 0 Å². The number of hydrogen-bond acceptors (Lipinski definition) is 3. The van der Waals surface area contributed by atoms with E-state index in [9.17, 15) is 9.46 Å². The van der Waals surface area contributed by atoms with Crippen LogP contribution in [0.5, 0.6) is 0 Å². The van der Waals surface area contributed by atoms with Gasteiger partial charge in [0, 0.05) is 11.5 Å². The van der Waals surface area contributed by atoms with Crippen molar-refractivity contribution < 1.29 is 9.46 Å². The second-order valence-electron chi connectivity index (χ2n) is 17.0. The van der Waals surface area contributed by atoms with Gasteiger partial charge < -0.3 is 4.89 Å². The molecule has 0 radical (unpaired) electrons. The fourth-order valence-corrected chi connectivity index (χ4v) is 13.4. The van der Waals surface area contributed by atoms with Crippen LogP contribution in [-0.2, 0) is 4.57 Å². The van der Waals surface area contributed by atoms with Gasteiger partial charge in [0.25, 0.3) is 0 Å². The first-order valence-corrected chi connectivity index (χ1v) is 29.6. The minimum atomic E-state index is -3.05. The van der Waals surface area contributed by atoms with Gasteiger partial charge in [-0.15, -0.1) is 0 Å². The second-order valence-corrected chi connectivity index (χ2v) is 24.5. The normalized spacial score (nSPS) is 12.0. The predicted molar refractivity (Wildman–Crippen MR) is 249 cm³/mol. The lowest BCUT2D eigenvalue weighted by molar-refractivity contribution is 0.514. The van der Waals surface area contributed by atoms with Crippen molar-refractivity contribution in [1.82, 2.24) is 0 Å². The lowest BCUT2D eigenvalue weighted by Gasteiger charge is -2.10. The fourth-order valence-electron chi connectivity index (χ4n) is 7.82. The van der Waals surface area contributed by atoms with E-state index >= 15 is 0 Å². The van der Waals surface area contributed by atoms with Crippen LogP contribution >= 0.6 is 28.5 Å². The Morgan fingerprint density at radius 3 is 0.547 bits per heavy atom. The zero-order valence-corrected chi connectivity index (χ0v) is 39.2. The van der Waals surface area contributed by atoms with Crippen molar-refractivity contribution in [2.75, 3.05) is 11.5 Å². The Balaban J connectivity index is 3.24. The molecular formula is C48H99O2PS2. The summed E-state index contributed by atoms with van der Waals surface area (Å²) < 4.78 is 12.5. The van der Waals surface area contributed by atoms with Crippen LogP contribution in [0.3, 0.4) is 0 Å². The van der Waals surface area contributed by atoms with Crippen molar-refractivity contribution >= 4 is 28.5 Å². The quantitative estimate of drug-likeness (QED) is 0.0491. The largest absolute Gasteiger partial charge is 0.329 e. The van der Waals surface area contributed by atoms with Crippen LogP contribution in [0.1, 0.15) is 296 Å². The zero-order valence-electron chi connectivity index (χ0n) is 36.6. The van der Waals surface area contributed by atoms with Crippen LogP contribution in [0, 0.1) is 0 Å². The van der Waals surface area contributed by atoms with Gasteiger partial charge in [-0.2, -0.15) is 0 Å². The highest BCUT2D eigenvalue weighted by Crippen LogP contribution is 2.65. The Labute approximate surface area is 344 Å². The molecule has 0 aliphatic rings. The molecule has 0 amide bonds. The Morgan fingerprint density at radius 2 is 0.396 bits per heavy atom. The Hall–Kier alpha value is 0.890. The summed E-state index contributed by atoms with van der Waals surface area (Å²) in [6.45, 7) is 4.60. The summed E-state index contributed by atoms with van der Waals surface area (Å²) in [4.78, 5) is 10.3. The molecule has 1 N–H and O–H groups in total. The molecule has 0 aromatic heterocycles. The molecule has 320 valence electrons. The molecule has 5 heteroatoms. The lowest BCUT2D eigenvalue weighted by atomic mass is 10.0. The van der Waals surface area contributed by atoms with Crippen molar-refractivity contribution in [3.63, 3.8) is 0 Å². The number of rotatable bonds is 48. The number of unbranched alkanes of at least 4 members (excludes halogenated alkanes) is 42. The van der Waals surface area contributed by atoms with Crippen LogP contribution in [0.25, 0.3) is 0 Å². The second kappa shape index (κ2) is 47.3. The van der Waals surface area contributed by atoms with Crippen LogP contribution in [0.4, 0.5) is 0 Å². The van der Waals surface area contributed by atoms with Crippen LogP contribution in [0.2, 0.25) is 0 Å². The Morgan fingerprint density at radius 1 is 0.264 bits per heavy atom. The smallest absolute Gasteiger partial charge is 0.310 e. The maximum atomic E-state index is 12.5. The van der Waals surface area contributed by atoms with E-state index in [2.05, 4.69) is 13.8 Å². The van der Waals surface area contributed by atoms with Crippen molar-refractivity contribution in [2.24, 2.45) is 0 Å². The minimum Gasteiger partial charge on any atom is -0.329 e. The van der Waals surface area contributed by atoms with Gasteiger partial charge in [0.1, 0.15) is 0 Å². The molecule has 0 bridgehead atoms. The lowest BCUT2D eigenvalue weighted by Crippen LogP contribution is -1.86. The molecule has 0 aliphatic carbocycles. The van der Waals surface area contributed by atoms with E-state index in [0.29, 0.717) is 0 Å². The van der Waals surface area contributed by atoms with Crippen molar-refractivity contribution in [3.05, 3.63) is 0 Å². The third-order valence-electron chi connectivity index (χ3n) is 11.5. The van der Waals surface area contributed by atoms with Crippen LogP contribution < -0.4 is 0 Å². The Bertz CT molecular complexity index is 651. The molecule has 0 spiro atoms. The molecule has 0 aromatic rings. The van der Waals surface area contributed by atoms with Crippen molar-refractivity contribution in [1.29, 1.82) is 0 Å². The summed E-state index contributed by atoms with van der Waals surface area (Å²) in [5, 5.41) is 0. The van der Waals surface area contributed by atoms with Crippen molar-refractivity contribution in [2.45, 2.75) is 296 Å². The molecule has 0 aromatic carbocycles. The molecule has 0 atom stereocenters. The SMILES string of the molecule is CCCCCCCCCCCCCCCCCCCCCCCCSP(=O)(O)SCCCCCCCCCCCCCCCCCCCCCCCC. The maximum Gasteiger partial charge on any atom is 0.310 e. The van der Waals surface area contributed by atoms with Gasteiger partial charge in [0.05, 0.1) is 0 Å². The summed E-state index contributed by atoms with van der Waals surface area (Å²) in [6, 6.07) is 0. The molecule has 0 unspecified atom stereocenters. The first kappa shape index (κ1) is 53.9. The molecule has 0 aliphatic heterocycles. The molecule has 0 rings (SSSR count). The predicted octanol–water partition coefficient (Wildman–Crippen LogP) is 19.8. The molecule has 0 fully saturated rings. The summed E-state index contributed by atoms with van der Waals surface area (Å²) in [5.41, 5.74) is 0. The van der Waals surface area contributed by atoms with E-state index in [4.69, 9.17) is 0 Å². The summed E-state index contributed by atoms with van der Waals surface area (Å²) in [6.07, 6.45) is 61.7. The van der Waals surface area contributed by atoms with E-state index in [1.54, 1.807) is 0 Å². The Kier molecular flexibility index (Phi) is 48.1. The van der Waals surface area contributed by atoms with Gasteiger partial charge in [-0.05, 0) is 12.8 Å². The number of hydrogen-bond donors (Lipinski definition) is 1. The van der Waals surface area contributed by atoms with Gasteiger partial charge >= 0.3 is 5.77 Å². The first-order valence-electron chi connectivity index (χ1n) is 24.7. The van der Waals surface area contributed by atoms with Crippen molar-refractivity contribution in [3.8, 4) is 0 Å². The topological polar surface area (TPSA) is 37.3 Å². The summed E-state index contributed by atoms with van der Waals surface area (Å²) in [7, 11) is 0. The van der Waals surface area contributed by atoms with Gasteiger partial charge in [0.15, 0.2) is 0 Å². The van der Waals surface area contributed by atoms with Gasteiger partial charge in [0.2, 0.25) is 0 Å². The highest BCUT2D eigenvalue weighted by Gasteiger charge is 2.18. The highest BCUT2D eigenvalue weighted by atomic mass is 33.1. The molecule has 2 nitrogen and oxygen atoms in total. The standard InChI is InChI=1S/C48H99O2PS2/c1-3-5-7-9-11-13-15-17-19-21-23-25-27-29-31-33-35-37-39-41-43-45-47-52-51(49,50)53-48-46-44-42-40-38-36-34-32-30-28-26-24-22-20-18-16-14-12-10-8-6-4-2/h3-48H2,1-2H3,(H,49,50). The molecular weight excluding hydrogens is 704 g/mol. The first-order chi connectivity index (χ1) is 26.1. The van der Waals surface area contributed by atoms with Gasteiger partial charge in [-0.1, -0.05) is 306 Å². The van der Waals surface area contributed by atoms with Crippen LogP contribution in [-0.4, -0.2) is 16.4 Å². The third-order valence-corrected chi connectivity index (χ3v) is 18.1. The zero-order chi connectivity index (χ0) is 38.4. The van der Waals surface area contributed by atoms with Gasteiger partial charge in [-0.3, -0.25) is 4.57 Å². The molecule has 0 saturated carbocycles. The fraction of sp³-hybridized carbons (Fsp3) is 1.00. The monoisotopic (exact) mass is 803 g/mol. The average Bonchev–Trinajstić information content (AvgIpc) is 3.15. The van der Waals surface area contributed by atoms with E-state index in [0.717, 1.165) is 24.3 Å². The summed E-state index contributed by atoms with van der Waals surface area (Å²) >= 11 is 2.67. The highest BCUT2D eigenvalue weighted by molar-refractivity contribution is 8.88. The maximum absolute atomic E-state index is 12.5.